The third-order valence-electron chi connectivity index (χ3n) is 3.22. The Balaban J connectivity index is 1.98. The normalized spacial score (nSPS) is 32.6. The fourth-order valence-electron chi connectivity index (χ4n) is 2.20. The van der Waals surface area contributed by atoms with Crippen LogP contribution in [0.1, 0.15) is 0 Å². The standard InChI is InChI=1S/C10H14N4O5/c1-18-10-13-7-5(8(17)14-10)11-4-6(16)3(15)2-19-9(4)12-7/h3-4,6,9,11,15-16H,2H2,1H3,(H2,12,13,14,17)/t3-,4-,6-,9+/m0/s1. The fourth-order valence-corrected chi connectivity index (χ4v) is 2.20. The highest BCUT2D eigenvalue weighted by molar-refractivity contribution is 5.67. The van der Waals surface area contributed by atoms with E-state index in [1.54, 1.807) is 0 Å². The number of aliphatic hydroxyl groups excluding tert-OH is 2. The lowest BCUT2D eigenvalue weighted by Gasteiger charge is -2.42. The largest absolute Gasteiger partial charge is 0.468 e. The molecule has 0 unspecified atom stereocenters. The van der Waals surface area contributed by atoms with Gasteiger partial charge in [0.2, 0.25) is 0 Å². The fraction of sp³-hybridized carbons (Fsp3) is 0.600. The Morgan fingerprint density at radius 1 is 1.42 bits per heavy atom. The molecule has 3 heterocycles. The minimum Gasteiger partial charge on any atom is -0.468 e. The Bertz CT molecular complexity index is 547. The number of hydrogen-bond donors (Lipinski definition) is 5. The summed E-state index contributed by atoms with van der Waals surface area (Å²) >= 11 is 0. The lowest BCUT2D eigenvalue weighted by Crippen LogP contribution is -2.61. The summed E-state index contributed by atoms with van der Waals surface area (Å²) in [6.45, 7) is 0.00662. The molecule has 0 aromatic carbocycles. The van der Waals surface area contributed by atoms with Crippen molar-refractivity contribution < 1.29 is 19.7 Å². The smallest absolute Gasteiger partial charge is 0.298 e. The molecule has 0 spiro atoms. The van der Waals surface area contributed by atoms with Crippen LogP contribution in [0.15, 0.2) is 4.79 Å². The van der Waals surface area contributed by atoms with Gasteiger partial charge in [-0.3, -0.25) is 9.78 Å². The second-order valence-corrected chi connectivity index (χ2v) is 4.43. The molecule has 1 aromatic rings. The van der Waals surface area contributed by atoms with Crippen LogP contribution < -0.4 is 20.9 Å². The van der Waals surface area contributed by atoms with Gasteiger partial charge in [0.05, 0.1) is 19.8 Å². The van der Waals surface area contributed by atoms with Crippen molar-refractivity contribution in [3.05, 3.63) is 10.4 Å². The van der Waals surface area contributed by atoms with E-state index in [9.17, 15) is 15.0 Å². The van der Waals surface area contributed by atoms with Gasteiger partial charge in [0, 0.05) is 0 Å². The molecule has 0 saturated carbocycles. The number of ether oxygens (including phenoxy) is 2. The maximum Gasteiger partial charge on any atom is 0.298 e. The molecule has 0 aliphatic carbocycles. The summed E-state index contributed by atoms with van der Waals surface area (Å²) in [5.74, 6) is 0.283. The minimum atomic E-state index is -1.04. The lowest BCUT2D eigenvalue weighted by molar-refractivity contribution is -0.121. The van der Waals surface area contributed by atoms with Gasteiger partial charge < -0.3 is 30.3 Å². The third kappa shape index (κ3) is 1.91. The van der Waals surface area contributed by atoms with Crippen LogP contribution in [0.3, 0.4) is 0 Å². The van der Waals surface area contributed by atoms with E-state index in [-0.39, 0.29) is 24.1 Å². The van der Waals surface area contributed by atoms with Crippen molar-refractivity contribution in [2.24, 2.45) is 0 Å². The summed E-state index contributed by atoms with van der Waals surface area (Å²) in [6.07, 6.45) is -2.62. The Morgan fingerprint density at radius 3 is 2.95 bits per heavy atom. The first-order valence-electron chi connectivity index (χ1n) is 5.79. The van der Waals surface area contributed by atoms with Crippen molar-refractivity contribution in [3.8, 4) is 6.01 Å². The average molecular weight is 270 g/mol. The first-order valence-corrected chi connectivity index (χ1v) is 5.79. The van der Waals surface area contributed by atoms with Crippen LogP contribution in [0.5, 0.6) is 6.01 Å². The molecular formula is C10H14N4O5. The molecule has 19 heavy (non-hydrogen) atoms. The second-order valence-electron chi connectivity index (χ2n) is 4.43. The van der Waals surface area contributed by atoms with Crippen LogP contribution in [0.2, 0.25) is 0 Å². The molecule has 2 aliphatic heterocycles. The molecule has 0 bridgehead atoms. The van der Waals surface area contributed by atoms with Crippen LogP contribution in [-0.4, -0.2) is 58.4 Å². The highest BCUT2D eigenvalue weighted by Gasteiger charge is 2.42. The van der Waals surface area contributed by atoms with Crippen molar-refractivity contribution >= 4 is 11.5 Å². The van der Waals surface area contributed by atoms with Crippen molar-refractivity contribution in [1.29, 1.82) is 0 Å². The number of nitrogens with zero attached hydrogens (tertiary/aromatic N) is 1. The molecule has 0 radical (unpaired) electrons. The monoisotopic (exact) mass is 270 g/mol. The number of anilines is 2. The SMILES string of the molecule is COc1nc2c(c(=O)[nH]1)N[C@H]1[C@@H](O)[C@@H](O)CO[C@H]1N2. The van der Waals surface area contributed by atoms with Crippen molar-refractivity contribution in [1.82, 2.24) is 9.97 Å². The van der Waals surface area contributed by atoms with E-state index in [2.05, 4.69) is 20.6 Å². The molecule has 1 saturated heterocycles. The number of methoxy groups -OCH3 is 1. The Labute approximate surface area is 107 Å². The van der Waals surface area contributed by atoms with Crippen LogP contribution in [-0.2, 0) is 4.74 Å². The maximum absolute atomic E-state index is 11.8. The van der Waals surface area contributed by atoms with E-state index in [4.69, 9.17) is 9.47 Å². The molecule has 104 valence electrons. The quantitative estimate of drug-likeness (QED) is 0.399. The van der Waals surface area contributed by atoms with Gasteiger partial charge in [-0.05, 0) is 0 Å². The summed E-state index contributed by atoms with van der Waals surface area (Å²) in [4.78, 5) is 18.3. The van der Waals surface area contributed by atoms with Crippen molar-refractivity contribution in [2.45, 2.75) is 24.5 Å². The molecular weight excluding hydrogens is 256 g/mol. The zero-order chi connectivity index (χ0) is 13.6. The van der Waals surface area contributed by atoms with Gasteiger partial charge in [-0.15, -0.1) is 0 Å². The van der Waals surface area contributed by atoms with Crippen molar-refractivity contribution in [3.63, 3.8) is 0 Å². The Morgan fingerprint density at radius 2 is 2.21 bits per heavy atom. The molecule has 0 amide bonds. The summed E-state index contributed by atoms with van der Waals surface area (Å²) in [5, 5.41) is 25.2. The van der Waals surface area contributed by atoms with E-state index in [1.165, 1.54) is 7.11 Å². The Hall–Kier alpha value is -1.84. The number of fused-ring (bicyclic) bond motifs is 2. The highest BCUT2D eigenvalue weighted by atomic mass is 16.5. The second kappa shape index (κ2) is 4.37. The van der Waals surface area contributed by atoms with E-state index in [0.717, 1.165) is 0 Å². The number of rotatable bonds is 1. The first kappa shape index (κ1) is 12.2. The number of aliphatic hydroxyl groups is 2. The maximum atomic E-state index is 11.8. The van der Waals surface area contributed by atoms with Crippen molar-refractivity contribution in [2.75, 3.05) is 24.4 Å². The summed E-state index contributed by atoms with van der Waals surface area (Å²) in [7, 11) is 1.39. The van der Waals surface area contributed by atoms with Gasteiger partial charge in [0.1, 0.15) is 17.9 Å². The lowest BCUT2D eigenvalue weighted by atomic mass is 9.99. The molecule has 2 aliphatic rings. The molecule has 1 aromatic heterocycles. The predicted molar refractivity (Wildman–Crippen MR) is 64.2 cm³/mol. The van der Waals surface area contributed by atoms with E-state index >= 15 is 0 Å². The number of aromatic nitrogens is 2. The third-order valence-corrected chi connectivity index (χ3v) is 3.22. The Kier molecular flexibility index (Phi) is 2.81. The van der Waals surface area contributed by atoms with Crippen LogP contribution >= 0.6 is 0 Å². The average Bonchev–Trinajstić information content (AvgIpc) is 2.41. The highest BCUT2D eigenvalue weighted by Crippen LogP contribution is 2.29. The van der Waals surface area contributed by atoms with Gasteiger partial charge in [-0.2, -0.15) is 4.98 Å². The van der Waals surface area contributed by atoms with E-state index < -0.39 is 30.0 Å². The molecule has 3 rings (SSSR count). The van der Waals surface area contributed by atoms with Gasteiger partial charge in [0.25, 0.3) is 11.6 Å². The number of aromatic amines is 1. The van der Waals surface area contributed by atoms with Crippen LogP contribution in [0, 0.1) is 0 Å². The number of nitrogens with one attached hydrogen (secondary N) is 3. The topological polar surface area (TPSA) is 129 Å². The van der Waals surface area contributed by atoms with E-state index in [0.29, 0.717) is 0 Å². The zero-order valence-corrected chi connectivity index (χ0v) is 10.1. The minimum absolute atomic E-state index is 0.00662. The summed E-state index contributed by atoms with van der Waals surface area (Å²) < 4.78 is 10.2. The number of H-pyrrole nitrogens is 1. The van der Waals surface area contributed by atoms with Gasteiger partial charge in [-0.25, -0.2) is 0 Å². The molecule has 4 atom stereocenters. The first-order chi connectivity index (χ1) is 9.10. The molecule has 5 N–H and O–H groups in total. The van der Waals surface area contributed by atoms with Crippen LogP contribution in [0.4, 0.5) is 11.5 Å². The van der Waals surface area contributed by atoms with Gasteiger partial charge in [0.15, 0.2) is 12.0 Å². The number of hydrogen-bond acceptors (Lipinski definition) is 8. The van der Waals surface area contributed by atoms with Gasteiger partial charge >= 0.3 is 0 Å². The predicted octanol–water partition coefficient (Wildman–Crippen LogP) is -1.94. The molecule has 9 nitrogen and oxygen atoms in total. The van der Waals surface area contributed by atoms with Crippen LogP contribution in [0.25, 0.3) is 0 Å². The summed E-state index contributed by atoms with van der Waals surface area (Å²) in [5.41, 5.74) is -0.251. The van der Waals surface area contributed by atoms with Gasteiger partial charge in [-0.1, -0.05) is 0 Å². The molecule has 1 fully saturated rings. The van der Waals surface area contributed by atoms with E-state index in [1.807, 2.05) is 0 Å². The molecule has 9 heteroatoms. The zero-order valence-electron chi connectivity index (χ0n) is 10.1. The summed E-state index contributed by atoms with van der Waals surface area (Å²) in [6, 6.07) is -0.555.